The molecule has 1 saturated carbocycles. The summed E-state index contributed by atoms with van der Waals surface area (Å²) < 4.78 is 0. The zero-order valence-electron chi connectivity index (χ0n) is 11.3. The zero-order chi connectivity index (χ0) is 12.4. The van der Waals surface area contributed by atoms with E-state index in [-0.39, 0.29) is 0 Å². The number of aryl methyl sites for hydroxylation is 1. The first-order valence-corrected chi connectivity index (χ1v) is 8.17. The molecule has 1 N–H and O–H groups in total. The molecule has 1 saturated heterocycles. The number of hydrogen-bond donors (Lipinski definition) is 1. The summed E-state index contributed by atoms with van der Waals surface area (Å²) in [5, 5.41) is 5.78. The van der Waals surface area contributed by atoms with Crippen molar-refractivity contribution in [3.05, 3.63) is 21.9 Å². The van der Waals surface area contributed by atoms with Crippen molar-refractivity contribution in [3.8, 4) is 0 Å². The number of likely N-dealkylation sites (tertiary alicyclic amines) is 1. The molecule has 2 aliphatic rings. The maximum Gasteiger partial charge on any atom is 0.0302 e. The minimum atomic E-state index is 1.03. The Morgan fingerprint density at radius 1 is 1.33 bits per heavy atom. The van der Waals surface area contributed by atoms with Crippen LogP contribution in [0, 0.1) is 18.8 Å². The lowest BCUT2D eigenvalue weighted by atomic mass is 10.0. The molecule has 3 heteroatoms. The van der Waals surface area contributed by atoms with Crippen molar-refractivity contribution in [2.24, 2.45) is 11.8 Å². The molecule has 0 bridgehead atoms. The molecule has 3 rings (SSSR count). The molecule has 18 heavy (non-hydrogen) atoms. The highest BCUT2D eigenvalue weighted by Crippen LogP contribution is 2.37. The van der Waals surface area contributed by atoms with E-state index in [1.54, 1.807) is 0 Å². The highest BCUT2D eigenvalue weighted by atomic mass is 32.1. The number of rotatable bonds is 5. The quantitative estimate of drug-likeness (QED) is 0.823. The van der Waals surface area contributed by atoms with Gasteiger partial charge >= 0.3 is 0 Å². The van der Waals surface area contributed by atoms with Crippen molar-refractivity contribution in [2.75, 3.05) is 26.2 Å². The molecule has 1 aliphatic heterocycles. The van der Waals surface area contributed by atoms with Crippen LogP contribution in [0.15, 0.2) is 11.4 Å². The molecule has 100 valence electrons. The monoisotopic (exact) mass is 264 g/mol. The number of fused-ring (bicyclic) bond motifs is 1. The maximum atomic E-state index is 3.59. The fraction of sp³-hybridized carbons (Fsp3) is 0.733. The Bertz CT molecular complexity index is 376. The van der Waals surface area contributed by atoms with E-state index >= 15 is 0 Å². The van der Waals surface area contributed by atoms with Gasteiger partial charge in [-0.25, -0.2) is 0 Å². The lowest BCUT2D eigenvalue weighted by Crippen LogP contribution is -2.30. The van der Waals surface area contributed by atoms with Gasteiger partial charge in [0.05, 0.1) is 0 Å². The van der Waals surface area contributed by atoms with Gasteiger partial charge in [-0.1, -0.05) is 6.42 Å². The molecule has 2 heterocycles. The third-order valence-corrected chi connectivity index (χ3v) is 5.68. The van der Waals surface area contributed by atoms with E-state index in [0.29, 0.717) is 0 Å². The molecular weight excluding hydrogens is 240 g/mol. The van der Waals surface area contributed by atoms with E-state index in [4.69, 9.17) is 0 Å². The topological polar surface area (TPSA) is 15.3 Å². The van der Waals surface area contributed by atoms with Gasteiger partial charge in [-0.2, -0.15) is 0 Å². The summed E-state index contributed by atoms with van der Waals surface area (Å²) in [5.74, 6) is 2.06. The highest BCUT2D eigenvalue weighted by molar-refractivity contribution is 7.10. The molecule has 2 unspecified atom stereocenters. The minimum absolute atomic E-state index is 1.03. The first kappa shape index (κ1) is 12.6. The van der Waals surface area contributed by atoms with E-state index in [1.807, 2.05) is 11.3 Å². The second-order valence-electron chi connectivity index (χ2n) is 5.91. The third-order valence-electron chi connectivity index (χ3n) is 4.66. The summed E-state index contributed by atoms with van der Waals surface area (Å²) in [6, 6.07) is 2.21. The SMILES string of the molecule is Cc1ccsc1CNCCN1CC2CCCC2C1. The zero-order valence-corrected chi connectivity index (χ0v) is 12.1. The first-order valence-electron chi connectivity index (χ1n) is 7.29. The Morgan fingerprint density at radius 2 is 2.11 bits per heavy atom. The van der Waals surface area contributed by atoms with Gasteiger partial charge in [0.15, 0.2) is 0 Å². The van der Waals surface area contributed by atoms with Crippen molar-refractivity contribution in [2.45, 2.75) is 32.7 Å². The lowest BCUT2D eigenvalue weighted by molar-refractivity contribution is 0.309. The number of hydrogen-bond acceptors (Lipinski definition) is 3. The van der Waals surface area contributed by atoms with Crippen molar-refractivity contribution in [3.63, 3.8) is 0 Å². The van der Waals surface area contributed by atoms with Crippen molar-refractivity contribution >= 4 is 11.3 Å². The van der Waals surface area contributed by atoms with E-state index in [2.05, 4.69) is 28.6 Å². The van der Waals surface area contributed by atoms with E-state index in [1.165, 1.54) is 49.3 Å². The fourth-order valence-electron chi connectivity index (χ4n) is 3.54. The maximum absolute atomic E-state index is 3.59. The Morgan fingerprint density at radius 3 is 2.78 bits per heavy atom. The Kier molecular flexibility index (Phi) is 4.02. The Labute approximate surface area is 114 Å². The van der Waals surface area contributed by atoms with E-state index < -0.39 is 0 Å². The molecule has 2 fully saturated rings. The summed E-state index contributed by atoms with van der Waals surface area (Å²) in [6.07, 6.45) is 4.46. The van der Waals surface area contributed by atoms with Crippen LogP contribution in [0.5, 0.6) is 0 Å². The van der Waals surface area contributed by atoms with Crippen molar-refractivity contribution in [1.82, 2.24) is 10.2 Å². The van der Waals surface area contributed by atoms with Crippen LogP contribution in [0.25, 0.3) is 0 Å². The second kappa shape index (κ2) is 5.72. The van der Waals surface area contributed by atoms with E-state index in [0.717, 1.165) is 24.9 Å². The van der Waals surface area contributed by atoms with Crippen LogP contribution < -0.4 is 5.32 Å². The number of nitrogens with one attached hydrogen (secondary N) is 1. The summed E-state index contributed by atoms with van der Waals surface area (Å²) in [6.45, 7) is 8.35. The molecule has 1 aromatic rings. The predicted molar refractivity (Wildman–Crippen MR) is 78.0 cm³/mol. The van der Waals surface area contributed by atoms with Gasteiger partial charge in [-0.3, -0.25) is 0 Å². The summed E-state index contributed by atoms with van der Waals surface area (Å²) >= 11 is 1.87. The number of nitrogens with zero attached hydrogens (tertiary/aromatic N) is 1. The smallest absolute Gasteiger partial charge is 0.0302 e. The molecule has 0 amide bonds. The van der Waals surface area contributed by atoms with Gasteiger partial charge in [0, 0.05) is 37.6 Å². The average molecular weight is 264 g/mol. The molecule has 1 aliphatic carbocycles. The molecule has 0 aromatic carbocycles. The molecule has 1 aromatic heterocycles. The van der Waals surface area contributed by atoms with Gasteiger partial charge in [0.1, 0.15) is 0 Å². The minimum Gasteiger partial charge on any atom is -0.311 e. The fourth-order valence-corrected chi connectivity index (χ4v) is 4.41. The molecular formula is C15H24N2S. The number of thiophene rings is 1. The standard InChI is InChI=1S/C15H24N2S/c1-12-5-8-18-15(12)9-16-6-7-17-10-13-3-2-4-14(13)11-17/h5,8,13-14,16H,2-4,6-7,9-11H2,1H3. The third kappa shape index (κ3) is 2.79. The highest BCUT2D eigenvalue weighted by Gasteiger charge is 2.35. The van der Waals surface area contributed by atoms with Crippen LogP contribution in [0.4, 0.5) is 0 Å². The first-order chi connectivity index (χ1) is 8.83. The van der Waals surface area contributed by atoms with Gasteiger partial charge < -0.3 is 10.2 Å². The van der Waals surface area contributed by atoms with Crippen molar-refractivity contribution in [1.29, 1.82) is 0 Å². The summed E-state index contributed by atoms with van der Waals surface area (Å²) in [5.41, 5.74) is 1.43. The molecule has 0 radical (unpaired) electrons. The average Bonchev–Trinajstić information content (AvgIpc) is 3.00. The van der Waals surface area contributed by atoms with Gasteiger partial charge in [-0.05, 0) is 48.6 Å². The summed E-state index contributed by atoms with van der Waals surface area (Å²) in [4.78, 5) is 4.16. The van der Waals surface area contributed by atoms with Gasteiger partial charge in [-0.15, -0.1) is 11.3 Å². The van der Waals surface area contributed by atoms with Crippen molar-refractivity contribution < 1.29 is 0 Å². The second-order valence-corrected chi connectivity index (χ2v) is 6.91. The van der Waals surface area contributed by atoms with Crippen LogP contribution >= 0.6 is 11.3 Å². The molecule has 2 nitrogen and oxygen atoms in total. The summed E-state index contributed by atoms with van der Waals surface area (Å²) in [7, 11) is 0. The normalized spacial score (nSPS) is 27.8. The van der Waals surface area contributed by atoms with Crippen LogP contribution in [0.2, 0.25) is 0 Å². The van der Waals surface area contributed by atoms with E-state index in [9.17, 15) is 0 Å². The Hall–Kier alpha value is -0.380. The van der Waals surface area contributed by atoms with Crippen LogP contribution in [0.3, 0.4) is 0 Å². The molecule has 0 spiro atoms. The van der Waals surface area contributed by atoms with Gasteiger partial charge in [0.2, 0.25) is 0 Å². The largest absolute Gasteiger partial charge is 0.311 e. The van der Waals surface area contributed by atoms with Crippen LogP contribution in [-0.2, 0) is 6.54 Å². The van der Waals surface area contributed by atoms with Gasteiger partial charge in [0.25, 0.3) is 0 Å². The lowest BCUT2D eigenvalue weighted by Gasteiger charge is -2.16. The Balaban J connectivity index is 1.35. The van der Waals surface area contributed by atoms with Crippen LogP contribution in [0.1, 0.15) is 29.7 Å². The molecule has 2 atom stereocenters. The predicted octanol–water partition coefficient (Wildman–Crippen LogP) is 2.88. The van der Waals surface area contributed by atoms with Crippen LogP contribution in [-0.4, -0.2) is 31.1 Å².